The summed E-state index contributed by atoms with van der Waals surface area (Å²) in [6, 6.07) is 10.2. The number of benzene rings is 2. The molecule has 0 radical (unpaired) electrons. The van der Waals surface area contributed by atoms with Crippen LogP contribution in [-0.2, 0) is 6.42 Å². The molecule has 3 heteroatoms. The van der Waals surface area contributed by atoms with Gasteiger partial charge in [0.05, 0.1) is 0 Å². The third-order valence-corrected chi connectivity index (χ3v) is 5.08. The van der Waals surface area contributed by atoms with Crippen LogP contribution in [0.1, 0.15) is 31.2 Å². The fourth-order valence-corrected chi connectivity index (χ4v) is 3.54. The average molecular weight is 328 g/mol. The van der Waals surface area contributed by atoms with E-state index in [1.807, 2.05) is 24.3 Å². The molecule has 3 rings (SSSR count). The SMILES string of the molecule is C=CC1CCC(Cc2ccc(-c3ccc(O)c(F)c3F)cc2)CC1. The summed E-state index contributed by atoms with van der Waals surface area (Å²) in [6.07, 6.45) is 7.95. The lowest BCUT2D eigenvalue weighted by atomic mass is 9.79. The van der Waals surface area contributed by atoms with Gasteiger partial charge in [0.25, 0.3) is 0 Å². The van der Waals surface area contributed by atoms with Gasteiger partial charge in [0.15, 0.2) is 11.6 Å². The Labute approximate surface area is 141 Å². The zero-order valence-corrected chi connectivity index (χ0v) is 13.6. The Hall–Kier alpha value is -2.16. The molecule has 1 fully saturated rings. The first kappa shape index (κ1) is 16.7. The molecular weight excluding hydrogens is 306 g/mol. The van der Waals surface area contributed by atoms with Crippen molar-refractivity contribution in [2.24, 2.45) is 11.8 Å². The van der Waals surface area contributed by atoms with Crippen molar-refractivity contribution in [3.8, 4) is 16.9 Å². The van der Waals surface area contributed by atoms with E-state index in [-0.39, 0.29) is 5.56 Å². The summed E-state index contributed by atoms with van der Waals surface area (Å²) in [7, 11) is 0. The van der Waals surface area contributed by atoms with Gasteiger partial charge in [-0.15, -0.1) is 6.58 Å². The van der Waals surface area contributed by atoms with Crippen LogP contribution in [0.2, 0.25) is 0 Å². The van der Waals surface area contributed by atoms with Crippen LogP contribution in [0.4, 0.5) is 8.78 Å². The molecule has 0 aromatic heterocycles. The number of allylic oxidation sites excluding steroid dienone is 1. The van der Waals surface area contributed by atoms with Gasteiger partial charge in [-0.3, -0.25) is 0 Å². The third-order valence-electron chi connectivity index (χ3n) is 5.08. The summed E-state index contributed by atoms with van der Waals surface area (Å²) in [5.74, 6) is -1.52. The fraction of sp³-hybridized carbons (Fsp3) is 0.333. The van der Waals surface area contributed by atoms with Gasteiger partial charge < -0.3 is 5.11 Å². The summed E-state index contributed by atoms with van der Waals surface area (Å²) in [6.45, 7) is 3.88. The van der Waals surface area contributed by atoms with Crippen molar-refractivity contribution in [3.05, 3.63) is 66.3 Å². The molecule has 1 aliphatic rings. The molecule has 2 aromatic carbocycles. The van der Waals surface area contributed by atoms with Gasteiger partial charge in [0.1, 0.15) is 0 Å². The summed E-state index contributed by atoms with van der Waals surface area (Å²) >= 11 is 0. The fourth-order valence-electron chi connectivity index (χ4n) is 3.54. The van der Waals surface area contributed by atoms with Crippen LogP contribution in [0.3, 0.4) is 0 Å². The van der Waals surface area contributed by atoms with E-state index in [1.165, 1.54) is 43.4 Å². The smallest absolute Gasteiger partial charge is 0.200 e. The summed E-state index contributed by atoms with van der Waals surface area (Å²) < 4.78 is 27.4. The highest BCUT2D eigenvalue weighted by Crippen LogP contribution is 2.33. The van der Waals surface area contributed by atoms with E-state index in [4.69, 9.17) is 0 Å². The molecule has 2 aromatic rings. The van der Waals surface area contributed by atoms with Crippen molar-refractivity contribution >= 4 is 0 Å². The molecule has 1 nitrogen and oxygen atoms in total. The van der Waals surface area contributed by atoms with Crippen molar-refractivity contribution in [1.29, 1.82) is 0 Å². The summed E-state index contributed by atoms with van der Waals surface area (Å²) in [4.78, 5) is 0. The largest absolute Gasteiger partial charge is 0.505 e. The molecule has 126 valence electrons. The predicted octanol–water partition coefficient (Wildman–Crippen LogP) is 5.87. The molecule has 0 bridgehead atoms. The Bertz CT molecular complexity index is 713. The minimum atomic E-state index is -1.20. The highest BCUT2D eigenvalue weighted by Gasteiger charge is 2.19. The first-order valence-electron chi connectivity index (χ1n) is 8.47. The molecule has 0 saturated heterocycles. The Balaban J connectivity index is 1.70. The molecule has 0 heterocycles. The lowest BCUT2D eigenvalue weighted by Crippen LogP contribution is -2.14. The van der Waals surface area contributed by atoms with E-state index in [0.717, 1.165) is 6.42 Å². The van der Waals surface area contributed by atoms with Crippen molar-refractivity contribution < 1.29 is 13.9 Å². The topological polar surface area (TPSA) is 20.2 Å². The number of phenolic OH excluding ortho intramolecular Hbond substituents is 1. The first-order valence-corrected chi connectivity index (χ1v) is 8.47. The van der Waals surface area contributed by atoms with Crippen LogP contribution < -0.4 is 0 Å². The van der Waals surface area contributed by atoms with E-state index in [0.29, 0.717) is 17.4 Å². The molecule has 0 atom stereocenters. The minimum absolute atomic E-state index is 0.170. The normalized spacial score (nSPS) is 20.8. The van der Waals surface area contributed by atoms with Crippen molar-refractivity contribution in [2.75, 3.05) is 0 Å². The lowest BCUT2D eigenvalue weighted by Gasteiger charge is -2.26. The van der Waals surface area contributed by atoms with Crippen LogP contribution in [0, 0.1) is 23.5 Å². The lowest BCUT2D eigenvalue weighted by molar-refractivity contribution is 0.309. The van der Waals surface area contributed by atoms with E-state index < -0.39 is 17.4 Å². The average Bonchev–Trinajstić information content (AvgIpc) is 2.61. The van der Waals surface area contributed by atoms with Gasteiger partial charge >= 0.3 is 0 Å². The van der Waals surface area contributed by atoms with Crippen molar-refractivity contribution in [1.82, 2.24) is 0 Å². The second-order valence-electron chi connectivity index (χ2n) is 6.68. The first-order chi connectivity index (χ1) is 11.6. The Kier molecular flexibility index (Phi) is 4.98. The van der Waals surface area contributed by atoms with Gasteiger partial charge in [-0.2, -0.15) is 4.39 Å². The second-order valence-corrected chi connectivity index (χ2v) is 6.68. The number of rotatable bonds is 4. The molecule has 0 spiro atoms. The van der Waals surface area contributed by atoms with Crippen molar-refractivity contribution in [2.45, 2.75) is 32.1 Å². The molecule has 0 unspecified atom stereocenters. The van der Waals surface area contributed by atoms with Gasteiger partial charge in [-0.05, 0) is 67.2 Å². The number of halogens is 2. The van der Waals surface area contributed by atoms with Crippen LogP contribution in [0.5, 0.6) is 5.75 Å². The minimum Gasteiger partial charge on any atom is -0.505 e. The van der Waals surface area contributed by atoms with Crippen molar-refractivity contribution in [3.63, 3.8) is 0 Å². The highest BCUT2D eigenvalue weighted by atomic mass is 19.2. The molecule has 24 heavy (non-hydrogen) atoms. The number of hydrogen-bond donors (Lipinski definition) is 1. The molecule has 1 aliphatic carbocycles. The molecular formula is C21H22F2O. The van der Waals surface area contributed by atoms with Gasteiger partial charge in [-0.1, -0.05) is 30.3 Å². The maximum absolute atomic E-state index is 13.9. The zero-order chi connectivity index (χ0) is 17.1. The van der Waals surface area contributed by atoms with Crippen LogP contribution >= 0.6 is 0 Å². The Morgan fingerprint density at radius 2 is 1.62 bits per heavy atom. The number of hydrogen-bond acceptors (Lipinski definition) is 1. The number of aromatic hydroxyl groups is 1. The maximum atomic E-state index is 13.9. The van der Waals surface area contributed by atoms with Gasteiger partial charge in [0, 0.05) is 5.56 Å². The monoisotopic (exact) mass is 328 g/mol. The maximum Gasteiger partial charge on any atom is 0.200 e. The van der Waals surface area contributed by atoms with E-state index in [1.54, 1.807) is 0 Å². The Morgan fingerprint density at radius 1 is 0.958 bits per heavy atom. The van der Waals surface area contributed by atoms with Crippen LogP contribution in [0.15, 0.2) is 49.1 Å². The zero-order valence-electron chi connectivity index (χ0n) is 13.6. The number of phenols is 1. The van der Waals surface area contributed by atoms with Gasteiger partial charge in [0.2, 0.25) is 5.82 Å². The highest BCUT2D eigenvalue weighted by molar-refractivity contribution is 5.65. The Morgan fingerprint density at radius 3 is 2.25 bits per heavy atom. The van der Waals surface area contributed by atoms with Crippen LogP contribution in [0.25, 0.3) is 11.1 Å². The molecule has 0 aliphatic heterocycles. The van der Waals surface area contributed by atoms with E-state index in [9.17, 15) is 13.9 Å². The van der Waals surface area contributed by atoms with E-state index >= 15 is 0 Å². The van der Waals surface area contributed by atoms with Crippen LogP contribution in [-0.4, -0.2) is 5.11 Å². The molecule has 1 saturated carbocycles. The summed E-state index contributed by atoms with van der Waals surface area (Å²) in [5.41, 5.74) is 2.01. The summed E-state index contributed by atoms with van der Waals surface area (Å²) in [5, 5.41) is 9.21. The quantitative estimate of drug-likeness (QED) is 0.696. The van der Waals surface area contributed by atoms with E-state index in [2.05, 4.69) is 12.7 Å². The second kappa shape index (κ2) is 7.16. The molecule has 0 amide bonds. The predicted molar refractivity (Wildman–Crippen MR) is 92.8 cm³/mol. The third kappa shape index (κ3) is 3.50. The standard InChI is InChI=1S/C21H22F2O/c1-2-14-3-5-15(6-4-14)13-16-7-9-17(10-8-16)18-11-12-19(24)21(23)20(18)22/h2,7-12,14-15,24H,1,3-6,13H2. The van der Waals surface area contributed by atoms with Gasteiger partial charge in [-0.25, -0.2) is 4.39 Å². The molecule has 1 N–H and O–H groups in total.